The number of nitrogens with zero attached hydrogens (tertiary/aromatic N) is 3. The Kier molecular flexibility index (Phi) is 5.80. The fourth-order valence-electron chi connectivity index (χ4n) is 4.82. The maximum Gasteiger partial charge on any atom is 0.341 e. The molecule has 1 saturated heterocycles. The lowest BCUT2D eigenvalue weighted by molar-refractivity contribution is 0.0694. The number of halogens is 1. The number of carboxylic acid groups (broad SMARTS) is 1. The largest absolute Gasteiger partial charge is 0.487 e. The Morgan fingerprint density at radius 3 is 2.49 bits per heavy atom. The summed E-state index contributed by atoms with van der Waals surface area (Å²) in [6.45, 7) is 6.43. The smallest absolute Gasteiger partial charge is 0.341 e. The molecule has 8 nitrogen and oxygen atoms in total. The molecule has 1 atom stereocenters. The summed E-state index contributed by atoms with van der Waals surface area (Å²) < 4.78 is 23.0. The molecule has 9 heteroatoms. The first-order valence-corrected chi connectivity index (χ1v) is 11.6. The van der Waals surface area contributed by atoms with Crippen molar-refractivity contribution in [3.05, 3.63) is 69.3 Å². The Labute approximate surface area is 201 Å². The molecule has 0 spiro atoms. The lowest BCUT2D eigenvalue weighted by Gasteiger charge is -2.38. The van der Waals surface area contributed by atoms with Crippen molar-refractivity contribution in [2.45, 2.75) is 19.9 Å². The van der Waals surface area contributed by atoms with Crippen LogP contribution in [0.15, 0.2) is 41.3 Å². The van der Waals surface area contributed by atoms with Gasteiger partial charge in [0.1, 0.15) is 17.9 Å². The number of pyridine rings is 1. The first kappa shape index (κ1) is 23.0. The second-order valence-corrected chi connectivity index (χ2v) is 9.23. The van der Waals surface area contributed by atoms with Crippen molar-refractivity contribution in [3.63, 3.8) is 0 Å². The van der Waals surface area contributed by atoms with Crippen LogP contribution in [-0.2, 0) is 0 Å². The minimum absolute atomic E-state index is 0.00460. The van der Waals surface area contributed by atoms with Crippen LogP contribution in [0.25, 0.3) is 10.9 Å². The van der Waals surface area contributed by atoms with Gasteiger partial charge < -0.3 is 19.3 Å². The molecular weight excluding hydrogens is 453 g/mol. The molecule has 1 N–H and O–H groups in total. The highest BCUT2D eigenvalue weighted by molar-refractivity contribution is 5.98. The summed E-state index contributed by atoms with van der Waals surface area (Å²) in [6.07, 6.45) is 1.32. The quantitative estimate of drug-likeness (QED) is 0.562. The van der Waals surface area contributed by atoms with Crippen molar-refractivity contribution in [2.24, 2.45) is 0 Å². The predicted octanol–water partition coefficient (Wildman–Crippen LogP) is 3.11. The third kappa shape index (κ3) is 4.05. The molecule has 2 aliphatic heterocycles. The zero-order valence-electron chi connectivity index (χ0n) is 19.6. The summed E-state index contributed by atoms with van der Waals surface area (Å²) in [5.41, 5.74) is 1.32. The van der Waals surface area contributed by atoms with Crippen LogP contribution in [0.1, 0.15) is 39.2 Å². The Hall–Kier alpha value is -3.72. The third-order valence-corrected chi connectivity index (χ3v) is 6.80. The Balaban J connectivity index is 1.42. The molecule has 2 aromatic carbocycles. The van der Waals surface area contributed by atoms with Gasteiger partial charge in [-0.2, -0.15) is 0 Å². The number of Topliss-reactive ketones (excluding diaryl/α,β-unsaturated/α-hetero) is 1. The molecule has 3 heterocycles. The zero-order valence-corrected chi connectivity index (χ0v) is 19.6. The number of hydrogen-bond donors (Lipinski definition) is 1. The van der Waals surface area contributed by atoms with E-state index in [4.69, 9.17) is 4.74 Å². The SMILES string of the molecule is Cc1ccc(C(=O)CN2CCN(c3c(F)cc4c(=O)c(C(=O)O)cn5c4c3OC[C@@H]5C)CC2)cc1. The number of aryl methyl sites for hydroxylation is 1. The Morgan fingerprint density at radius 1 is 1.14 bits per heavy atom. The molecule has 1 fully saturated rings. The van der Waals surface area contributed by atoms with Crippen molar-refractivity contribution < 1.29 is 23.8 Å². The van der Waals surface area contributed by atoms with E-state index in [0.717, 1.165) is 11.6 Å². The second kappa shape index (κ2) is 8.81. The lowest BCUT2D eigenvalue weighted by Crippen LogP contribution is -2.48. The maximum absolute atomic E-state index is 15.4. The van der Waals surface area contributed by atoms with Crippen LogP contribution >= 0.6 is 0 Å². The number of ether oxygens (including phenoxy) is 1. The third-order valence-electron chi connectivity index (χ3n) is 6.80. The van der Waals surface area contributed by atoms with Crippen LogP contribution in [0.3, 0.4) is 0 Å². The molecule has 0 unspecified atom stereocenters. The number of hydrogen-bond acceptors (Lipinski definition) is 6. The van der Waals surface area contributed by atoms with E-state index in [1.165, 1.54) is 6.20 Å². The summed E-state index contributed by atoms with van der Waals surface area (Å²) in [5.74, 6) is -1.67. The van der Waals surface area contributed by atoms with Crippen LogP contribution in [0.2, 0.25) is 0 Å². The number of carbonyl (C=O) groups is 2. The summed E-state index contributed by atoms with van der Waals surface area (Å²) in [4.78, 5) is 40.9. The molecule has 182 valence electrons. The monoisotopic (exact) mass is 479 g/mol. The number of carboxylic acids is 1. The van der Waals surface area contributed by atoms with Crippen LogP contribution in [0.5, 0.6) is 5.75 Å². The van der Waals surface area contributed by atoms with E-state index in [1.807, 2.05) is 47.9 Å². The number of carbonyl (C=O) groups excluding carboxylic acids is 1. The van der Waals surface area contributed by atoms with Gasteiger partial charge in [0.05, 0.1) is 23.5 Å². The van der Waals surface area contributed by atoms with Crippen molar-refractivity contribution in [1.82, 2.24) is 9.47 Å². The van der Waals surface area contributed by atoms with E-state index < -0.39 is 22.8 Å². The Morgan fingerprint density at radius 2 is 1.83 bits per heavy atom. The number of rotatable bonds is 5. The van der Waals surface area contributed by atoms with Crippen molar-refractivity contribution in [3.8, 4) is 5.75 Å². The molecule has 2 aliphatic rings. The molecule has 0 saturated carbocycles. The molecule has 0 bridgehead atoms. The first-order chi connectivity index (χ1) is 16.7. The van der Waals surface area contributed by atoms with Gasteiger partial charge in [0.25, 0.3) is 0 Å². The normalized spacial score (nSPS) is 17.9. The fraction of sp³-hybridized carbons (Fsp3) is 0.346. The average Bonchev–Trinajstić information content (AvgIpc) is 2.83. The molecular formula is C26H26FN3O5. The summed E-state index contributed by atoms with van der Waals surface area (Å²) in [7, 11) is 0. The van der Waals surface area contributed by atoms with Crippen LogP contribution in [-0.4, -0.2) is 65.7 Å². The fourth-order valence-corrected chi connectivity index (χ4v) is 4.82. The number of aromatic nitrogens is 1. The average molecular weight is 480 g/mol. The standard InChI is InChI=1S/C26H26FN3O5/c1-15-3-5-17(6-4-15)21(31)13-28-7-9-29(10-8-28)23-20(27)11-18-22-25(23)35-14-16(2)30(22)12-19(24(18)32)26(33)34/h3-6,11-12,16H,7-10,13-14H2,1-2H3,(H,33,34)/t16-/m0/s1. The van der Waals surface area contributed by atoms with Gasteiger partial charge in [-0.3, -0.25) is 14.5 Å². The zero-order chi connectivity index (χ0) is 24.9. The maximum atomic E-state index is 15.4. The predicted molar refractivity (Wildman–Crippen MR) is 129 cm³/mol. The van der Waals surface area contributed by atoms with Crippen LogP contribution in [0.4, 0.5) is 10.1 Å². The van der Waals surface area contributed by atoms with E-state index in [9.17, 15) is 19.5 Å². The van der Waals surface area contributed by atoms with E-state index >= 15 is 4.39 Å². The van der Waals surface area contributed by atoms with Crippen molar-refractivity contribution >= 4 is 28.3 Å². The van der Waals surface area contributed by atoms with E-state index in [2.05, 4.69) is 0 Å². The van der Waals surface area contributed by atoms with Gasteiger partial charge in [-0.15, -0.1) is 0 Å². The molecule has 1 aromatic heterocycles. The van der Waals surface area contributed by atoms with Gasteiger partial charge in [0.2, 0.25) is 5.43 Å². The van der Waals surface area contributed by atoms with Crippen LogP contribution in [0, 0.1) is 12.7 Å². The number of ketones is 1. The summed E-state index contributed by atoms with van der Waals surface area (Å²) in [6, 6.07) is 8.39. The van der Waals surface area contributed by atoms with Gasteiger partial charge in [-0.1, -0.05) is 29.8 Å². The van der Waals surface area contributed by atoms with Gasteiger partial charge >= 0.3 is 5.97 Å². The highest BCUT2D eigenvalue weighted by Crippen LogP contribution is 2.42. The number of anilines is 1. The minimum atomic E-state index is -1.35. The van der Waals surface area contributed by atoms with E-state index in [1.54, 1.807) is 4.57 Å². The van der Waals surface area contributed by atoms with Crippen molar-refractivity contribution in [2.75, 3.05) is 44.2 Å². The highest BCUT2D eigenvalue weighted by Gasteiger charge is 2.31. The van der Waals surface area contributed by atoms with Gasteiger partial charge in [0, 0.05) is 37.9 Å². The molecule has 0 aliphatic carbocycles. The summed E-state index contributed by atoms with van der Waals surface area (Å²) in [5, 5.41) is 9.44. The first-order valence-electron chi connectivity index (χ1n) is 11.6. The van der Waals surface area contributed by atoms with E-state index in [-0.39, 0.29) is 41.8 Å². The molecule has 0 amide bonds. The minimum Gasteiger partial charge on any atom is -0.487 e. The number of piperazine rings is 1. The van der Waals surface area contributed by atoms with E-state index in [0.29, 0.717) is 37.3 Å². The summed E-state index contributed by atoms with van der Waals surface area (Å²) >= 11 is 0. The van der Waals surface area contributed by atoms with Gasteiger partial charge in [-0.25, -0.2) is 9.18 Å². The highest BCUT2D eigenvalue weighted by atomic mass is 19.1. The lowest BCUT2D eigenvalue weighted by atomic mass is 10.0. The van der Waals surface area contributed by atoms with Crippen molar-refractivity contribution in [1.29, 1.82) is 0 Å². The van der Waals surface area contributed by atoms with Gasteiger partial charge in [-0.05, 0) is 19.9 Å². The number of benzene rings is 2. The molecule has 0 radical (unpaired) electrons. The second-order valence-electron chi connectivity index (χ2n) is 9.23. The Bertz CT molecular complexity index is 1390. The van der Waals surface area contributed by atoms with Gasteiger partial charge in [0.15, 0.2) is 17.3 Å². The molecule has 35 heavy (non-hydrogen) atoms. The molecule has 3 aromatic rings. The topological polar surface area (TPSA) is 92.1 Å². The van der Waals surface area contributed by atoms with Crippen LogP contribution < -0.4 is 15.1 Å². The molecule has 5 rings (SSSR count). The number of aromatic carboxylic acids is 1.